The van der Waals surface area contributed by atoms with Crippen molar-refractivity contribution in [1.29, 1.82) is 0 Å². The van der Waals surface area contributed by atoms with E-state index < -0.39 is 0 Å². The zero-order valence-corrected chi connectivity index (χ0v) is 13.4. The van der Waals surface area contributed by atoms with Gasteiger partial charge in [0.25, 0.3) is 0 Å². The Bertz CT molecular complexity index is 369. The molecule has 1 aliphatic rings. The fourth-order valence-electron chi connectivity index (χ4n) is 2.69. The third-order valence-electron chi connectivity index (χ3n) is 3.71. The van der Waals surface area contributed by atoms with Gasteiger partial charge in [-0.25, -0.2) is 0 Å². The number of aryl methyl sites for hydroxylation is 1. The van der Waals surface area contributed by atoms with E-state index >= 15 is 0 Å². The van der Waals surface area contributed by atoms with Gasteiger partial charge >= 0.3 is 0 Å². The average Bonchev–Trinajstić information content (AvgIpc) is 3.02. The second-order valence-electron chi connectivity index (χ2n) is 5.22. The van der Waals surface area contributed by atoms with Crippen molar-refractivity contribution in [3.8, 4) is 0 Å². The van der Waals surface area contributed by atoms with Gasteiger partial charge in [-0.3, -0.25) is 4.68 Å². The highest BCUT2D eigenvalue weighted by Gasteiger charge is 2.22. The monoisotopic (exact) mass is 329 g/mol. The molecule has 0 spiro atoms. The van der Waals surface area contributed by atoms with Gasteiger partial charge < -0.3 is 10.1 Å². The van der Waals surface area contributed by atoms with Crippen LogP contribution in [0.15, 0.2) is 10.7 Å². The average molecular weight is 330 g/mol. The molecule has 2 heterocycles. The predicted molar refractivity (Wildman–Crippen MR) is 80.2 cm³/mol. The molecule has 1 aromatic heterocycles. The second kappa shape index (κ2) is 7.41. The first-order valence-electron chi connectivity index (χ1n) is 7.24. The molecule has 0 saturated carbocycles. The van der Waals surface area contributed by atoms with Crippen molar-refractivity contribution in [2.24, 2.45) is 7.05 Å². The predicted octanol–water partition coefficient (Wildman–Crippen LogP) is 3.18. The van der Waals surface area contributed by atoms with E-state index in [1.165, 1.54) is 18.5 Å². The fraction of sp³-hybridized carbons (Fsp3) is 0.786. The molecular weight excluding hydrogens is 306 g/mol. The van der Waals surface area contributed by atoms with Crippen LogP contribution in [-0.4, -0.2) is 29.0 Å². The van der Waals surface area contributed by atoms with Gasteiger partial charge in [0.05, 0.1) is 28.5 Å². The second-order valence-corrected chi connectivity index (χ2v) is 6.07. The number of ether oxygens (including phenoxy) is 1. The Morgan fingerprint density at radius 1 is 1.63 bits per heavy atom. The molecule has 108 valence electrons. The molecule has 0 aromatic carbocycles. The van der Waals surface area contributed by atoms with Crippen LogP contribution in [0.3, 0.4) is 0 Å². The number of nitrogens with zero attached hydrogens (tertiary/aromatic N) is 2. The van der Waals surface area contributed by atoms with Gasteiger partial charge in [0.15, 0.2) is 0 Å². The zero-order chi connectivity index (χ0) is 13.7. The molecule has 0 amide bonds. The van der Waals surface area contributed by atoms with Crippen LogP contribution in [0, 0.1) is 0 Å². The molecule has 0 radical (unpaired) electrons. The first-order chi connectivity index (χ1) is 9.22. The first-order valence-corrected chi connectivity index (χ1v) is 8.04. The summed E-state index contributed by atoms with van der Waals surface area (Å²) in [6.07, 6.45) is 8.13. The van der Waals surface area contributed by atoms with Crippen LogP contribution in [0.1, 0.15) is 50.8 Å². The Hall–Kier alpha value is -0.390. The smallest absolute Gasteiger partial charge is 0.0692 e. The highest BCUT2D eigenvalue weighted by molar-refractivity contribution is 9.10. The van der Waals surface area contributed by atoms with Gasteiger partial charge in [-0.15, -0.1) is 0 Å². The van der Waals surface area contributed by atoms with Crippen LogP contribution >= 0.6 is 15.9 Å². The van der Waals surface area contributed by atoms with E-state index in [2.05, 4.69) is 33.3 Å². The Morgan fingerprint density at radius 3 is 3.05 bits per heavy atom. The Morgan fingerprint density at radius 2 is 2.47 bits per heavy atom. The number of hydrogen-bond acceptors (Lipinski definition) is 3. The van der Waals surface area contributed by atoms with Crippen molar-refractivity contribution in [3.63, 3.8) is 0 Å². The number of hydrogen-bond donors (Lipinski definition) is 1. The number of halogens is 1. The van der Waals surface area contributed by atoms with Crippen LogP contribution in [0.4, 0.5) is 0 Å². The van der Waals surface area contributed by atoms with Gasteiger partial charge in [0, 0.05) is 13.7 Å². The molecule has 2 atom stereocenters. The Kier molecular flexibility index (Phi) is 5.85. The molecule has 2 rings (SSSR count). The summed E-state index contributed by atoms with van der Waals surface area (Å²) < 4.78 is 8.78. The van der Waals surface area contributed by atoms with Crippen molar-refractivity contribution in [2.45, 2.75) is 51.2 Å². The van der Waals surface area contributed by atoms with E-state index in [0.29, 0.717) is 12.1 Å². The molecule has 4 nitrogen and oxygen atoms in total. The molecule has 0 aliphatic carbocycles. The third-order valence-corrected chi connectivity index (χ3v) is 4.32. The lowest BCUT2D eigenvalue weighted by molar-refractivity contribution is 0.0993. The van der Waals surface area contributed by atoms with Crippen molar-refractivity contribution < 1.29 is 4.74 Å². The van der Waals surface area contributed by atoms with Crippen molar-refractivity contribution in [2.75, 3.05) is 13.2 Å². The summed E-state index contributed by atoms with van der Waals surface area (Å²) >= 11 is 3.61. The first kappa shape index (κ1) is 15.0. The summed E-state index contributed by atoms with van der Waals surface area (Å²) in [5.74, 6) is 0. The Balaban J connectivity index is 1.98. The molecule has 1 aliphatic heterocycles. The van der Waals surface area contributed by atoms with E-state index in [4.69, 9.17) is 4.74 Å². The van der Waals surface area contributed by atoms with Crippen molar-refractivity contribution in [1.82, 2.24) is 15.1 Å². The summed E-state index contributed by atoms with van der Waals surface area (Å²) in [7, 11) is 2.01. The molecule has 2 unspecified atom stereocenters. The summed E-state index contributed by atoms with van der Waals surface area (Å²) in [5, 5.41) is 7.95. The van der Waals surface area contributed by atoms with Crippen molar-refractivity contribution >= 4 is 15.9 Å². The molecule has 1 fully saturated rings. The summed E-state index contributed by atoms with van der Waals surface area (Å²) in [4.78, 5) is 0. The maximum atomic E-state index is 5.72. The summed E-state index contributed by atoms with van der Waals surface area (Å²) in [5.41, 5.74) is 1.24. The molecule has 0 bridgehead atoms. The lowest BCUT2D eigenvalue weighted by Gasteiger charge is -2.21. The number of rotatable bonds is 7. The molecule has 5 heteroatoms. The van der Waals surface area contributed by atoms with Gasteiger partial charge in [-0.2, -0.15) is 5.10 Å². The van der Waals surface area contributed by atoms with Crippen LogP contribution in [0.2, 0.25) is 0 Å². The minimum absolute atomic E-state index is 0.353. The van der Waals surface area contributed by atoms with Crippen LogP contribution in [0.5, 0.6) is 0 Å². The summed E-state index contributed by atoms with van der Waals surface area (Å²) in [6.45, 7) is 4.17. The maximum absolute atomic E-state index is 5.72. The molecule has 1 saturated heterocycles. The van der Waals surface area contributed by atoms with Gasteiger partial charge in [0.1, 0.15) is 0 Å². The lowest BCUT2D eigenvalue weighted by Crippen LogP contribution is -2.25. The third kappa shape index (κ3) is 4.04. The quantitative estimate of drug-likeness (QED) is 0.835. The standard InChI is InChI=1S/C14H24BrN3O/c1-3-8-16-13(7-6-11-5-4-9-19-11)14-12(15)10-17-18(14)2/h10-11,13,16H,3-9H2,1-2H3. The minimum atomic E-state index is 0.353. The van der Waals surface area contributed by atoms with E-state index in [1.54, 1.807) is 0 Å². The highest BCUT2D eigenvalue weighted by atomic mass is 79.9. The molecule has 1 N–H and O–H groups in total. The zero-order valence-electron chi connectivity index (χ0n) is 11.9. The van der Waals surface area contributed by atoms with Crippen LogP contribution in [-0.2, 0) is 11.8 Å². The topological polar surface area (TPSA) is 39.1 Å². The maximum Gasteiger partial charge on any atom is 0.0692 e. The van der Waals surface area contributed by atoms with E-state index in [0.717, 1.165) is 36.9 Å². The largest absolute Gasteiger partial charge is 0.378 e. The van der Waals surface area contributed by atoms with Crippen molar-refractivity contribution in [3.05, 3.63) is 16.4 Å². The summed E-state index contributed by atoms with van der Waals surface area (Å²) in [6, 6.07) is 0.353. The van der Waals surface area contributed by atoms with Gasteiger partial charge in [-0.1, -0.05) is 6.92 Å². The highest BCUT2D eigenvalue weighted by Crippen LogP contribution is 2.28. The van der Waals surface area contributed by atoms with E-state index in [9.17, 15) is 0 Å². The fourth-order valence-corrected chi connectivity index (χ4v) is 3.32. The minimum Gasteiger partial charge on any atom is -0.378 e. The molecule has 1 aromatic rings. The number of aromatic nitrogens is 2. The normalized spacial score (nSPS) is 20.9. The van der Waals surface area contributed by atoms with Gasteiger partial charge in [0.2, 0.25) is 0 Å². The number of nitrogens with one attached hydrogen (secondary N) is 1. The molecular formula is C14H24BrN3O. The Labute approximate surface area is 124 Å². The lowest BCUT2D eigenvalue weighted by atomic mass is 10.0. The van der Waals surface area contributed by atoms with Crippen LogP contribution in [0.25, 0.3) is 0 Å². The molecule has 19 heavy (non-hydrogen) atoms. The van der Waals surface area contributed by atoms with Gasteiger partial charge in [-0.05, 0) is 54.6 Å². The van der Waals surface area contributed by atoms with E-state index in [-0.39, 0.29) is 0 Å². The van der Waals surface area contributed by atoms with Crippen LogP contribution < -0.4 is 5.32 Å². The van der Waals surface area contributed by atoms with E-state index in [1.807, 2.05) is 17.9 Å². The SMILES string of the molecule is CCCNC(CCC1CCCO1)c1c(Br)cnn1C.